The molecule has 2 aromatic rings. The van der Waals surface area contributed by atoms with Gasteiger partial charge in [-0.1, -0.05) is 71.2 Å². The van der Waals surface area contributed by atoms with Crippen molar-refractivity contribution in [3.05, 3.63) is 42.5 Å². The van der Waals surface area contributed by atoms with Crippen LogP contribution in [0.5, 0.6) is 0 Å². The molecule has 2 aromatic carbocycles. The van der Waals surface area contributed by atoms with Gasteiger partial charge >= 0.3 is 0 Å². The van der Waals surface area contributed by atoms with Gasteiger partial charge in [-0.05, 0) is 11.5 Å². The van der Waals surface area contributed by atoms with Gasteiger partial charge in [0.2, 0.25) is 9.84 Å². The third-order valence-electron chi connectivity index (χ3n) is 2.34. The maximum Gasteiger partial charge on any atom is 0.297 e. The molecule has 0 saturated carbocycles. The van der Waals surface area contributed by atoms with Gasteiger partial charge in [-0.3, -0.25) is 0 Å². The molecule has 0 spiro atoms. The van der Waals surface area contributed by atoms with E-state index in [1.807, 2.05) is 6.07 Å². The fraction of sp³-hybridized carbons (Fsp3) is 0.0909. The zero-order valence-corrected chi connectivity index (χ0v) is 11.5. The maximum atomic E-state index is 12.1. The van der Waals surface area contributed by atoms with Crippen LogP contribution in [0.4, 0.5) is 0 Å². The molecule has 0 N–H and O–H groups in total. The van der Waals surface area contributed by atoms with Gasteiger partial charge in [0, 0.05) is 5.39 Å². The van der Waals surface area contributed by atoms with Crippen LogP contribution in [0.1, 0.15) is 0 Å². The van der Waals surface area contributed by atoms with Gasteiger partial charge in [0.25, 0.3) is 3.12 Å². The molecule has 0 heterocycles. The van der Waals surface area contributed by atoms with Crippen molar-refractivity contribution in [1.29, 1.82) is 0 Å². The first-order valence-electron chi connectivity index (χ1n) is 4.63. The third-order valence-corrected chi connectivity index (χ3v) is 5.72. The van der Waals surface area contributed by atoms with Crippen LogP contribution in [-0.4, -0.2) is 11.5 Å². The molecule has 0 aliphatic rings. The summed E-state index contributed by atoms with van der Waals surface area (Å²) in [6.07, 6.45) is 0. The third kappa shape index (κ3) is 2.25. The Kier molecular flexibility index (Phi) is 3.29. The second kappa shape index (κ2) is 4.32. The molecule has 0 amide bonds. The summed E-state index contributed by atoms with van der Waals surface area (Å²) in [5.41, 5.74) is 0. The summed E-state index contributed by atoms with van der Waals surface area (Å²) in [5.74, 6) is 0. The molecule has 0 aromatic heterocycles. The fourth-order valence-corrected chi connectivity index (χ4v) is 3.29. The largest absolute Gasteiger partial charge is 0.297 e. The highest BCUT2D eigenvalue weighted by molar-refractivity contribution is 7.97. The van der Waals surface area contributed by atoms with E-state index in [-0.39, 0.29) is 4.90 Å². The van der Waals surface area contributed by atoms with E-state index in [1.54, 1.807) is 30.3 Å². The van der Waals surface area contributed by atoms with Crippen molar-refractivity contribution in [1.82, 2.24) is 0 Å². The van der Waals surface area contributed by atoms with Gasteiger partial charge in [0.1, 0.15) is 0 Å². The molecule has 17 heavy (non-hydrogen) atoms. The summed E-state index contributed by atoms with van der Waals surface area (Å²) in [6, 6.07) is 11.9. The highest BCUT2D eigenvalue weighted by atomic mass is 35.6. The standard InChI is InChI=1S/C11H7Cl3O2S/c12-11(13,14)17(15,16)10-7-3-5-8-4-1-2-6-9(8)10/h1-7H. The Labute approximate surface area is 114 Å². The van der Waals surface area contributed by atoms with E-state index in [4.69, 9.17) is 34.8 Å². The minimum absolute atomic E-state index is 0.0237. The SMILES string of the molecule is O=S(=O)(c1cccc2ccccc12)C(Cl)(Cl)Cl. The first-order chi connectivity index (χ1) is 7.84. The van der Waals surface area contributed by atoms with Gasteiger partial charge in [-0.2, -0.15) is 0 Å². The number of fused-ring (bicyclic) bond motifs is 1. The van der Waals surface area contributed by atoms with Crippen molar-refractivity contribution in [3.8, 4) is 0 Å². The van der Waals surface area contributed by atoms with E-state index in [1.165, 1.54) is 6.07 Å². The van der Waals surface area contributed by atoms with Crippen LogP contribution in [-0.2, 0) is 9.84 Å². The smallest absolute Gasteiger partial charge is 0.219 e. The van der Waals surface area contributed by atoms with E-state index in [0.29, 0.717) is 5.39 Å². The average Bonchev–Trinajstić information content (AvgIpc) is 2.26. The average molecular weight is 310 g/mol. The predicted octanol–water partition coefficient (Wildman–Crippen LogP) is 3.94. The van der Waals surface area contributed by atoms with Crippen molar-refractivity contribution in [2.45, 2.75) is 8.02 Å². The normalized spacial score (nSPS) is 12.9. The number of sulfone groups is 1. The van der Waals surface area contributed by atoms with E-state index < -0.39 is 13.0 Å². The van der Waals surface area contributed by atoms with E-state index in [9.17, 15) is 8.42 Å². The summed E-state index contributed by atoms with van der Waals surface area (Å²) in [5, 5.41) is 1.32. The van der Waals surface area contributed by atoms with Crippen LogP contribution < -0.4 is 0 Å². The second-order valence-corrected chi connectivity index (χ2v) is 8.44. The number of benzene rings is 2. The lowest BCUT2D eigenvalue weighted by Crippen LogP contribution is -2.19. The molecule has 0 aliphatic carbocycles. The van der Waals surface area contributed by atoms with Crippen molar-refractivity contribution < 1.29 is 8.42 Å². The molecule has 90 valence electrons. The van der Waals surface area contributed by atoms with Gasteiger partial charge < -0.3 is 0 Å². The Morgan fingerprint density at radius 1 is 0.882 bits per heavy atom. The van der Waals surface area contributed by atoms with Crippen molar-refractivity contribution in [2.24, 2.45) is 0 Å². The van der Waals surface area contributed by atoms with Crippen LogP contribution in [0.2, 0.25) is 0 Å². The first-order valence-corrected chi connectivity index (χ1v) is 7.25. The van der Waals surface area contributed by atoms with Crippen LogP contribution in [0.25, 0.3) is 10.8 Å². The van der Waals surface area contributed by atoms with E-state index >= 15 is 0 Å². The Bertz CT molecular complexity index is 654. The molecular weight excluding hydrogens is 303 g/mol. The van der Waals surface area contributed by atoms with Crippen molar-refractivity contribution in [2.75, 3.05) is 0 Å². The number of rotatable bonds is 1. The highest BCUT2D eigenvalue weighted by Crippen LogP contribution is 2.39. The lowest BCUT2D eigenvalue weighted by Gasteiger charge is -2.14. The predicted molar refractivity (Wildman–Crippen MR) is 71.4 cm³/mol. The minimum Gasteiger partial charge on any atom is -0.219 e. The van der Waals surface area contributed by atoms with E-state index in [2.05, 4.69) is 0 Å². The Morgan fingerprint density at radius 3 is 2.12 bits per heavy atom. The lowest BCUT2D eigenvalue weighted by atomic mass is 10.1. The minimum atomic E-state index is -4.01. The number of hydrogen-bond acceptors (Lipinski definition) is 2. The molecule has 0 radical (unpaired) electrons. The summed E-state index contributed by atoms with van der Waals surface area (Å²) in [7, 11) is -4.01. The first kappa shape index (κ1) is 13.0. The molecule has 6 heteroatoms. The topological polar surface area (TPSA) is 34.1 Å². The van der Waals surface area contributed by atoms with E-state index in [0.717, 1.165) is 5.39 Å². The van der Waals surface area contributed by atoms with Gasteiger partial charge in [-0.25, -0.2) is 8.42 Å². The lowest BCUT2D eigenvalue weighted by molar-refractivity contribution is 0.597. The fourth-order valence-electron chi connectivity index (χ4n) is 1.55. The Balaban J connectivity index is 2.82. The Morgan fingerprint density at radius 2 is 1.47 bits per heavy atom. The van der Waals surface area contributed by atoms with Gasteiger partial charge in [0.15, 0.2) is 0 Å². The molecule has 2 nitrogen and oxygen atoms in total. The van der Waals surface area contributed by atoms with Crippen LogP contribution >= 0.6 is 34.8 Å². The maximum absolute atomic E-state index is 12.1. The molecule has 0 saturated heterocycles. The molecule has 0 atom stereocenters. The number of hydrogen-bond donors (Lipinski definition) is 0. The molecule has 2 rings (SSSR count). The summed E-state index contributed by atoms with van der Waals surface area (Å²) < 4.78 is 21.8. The zero-order chi connectivity index (χ0) is 12.7. The number of halogens is 3. The van der Waals surface area contributed by atoms with Crippen LogP contribution in [0, 0.1) is 0 Å². The highest BCUT2D eigenvalue weighted by Gasteiger charge is 2.40. The van der Waals surface area contributed by atoms with Gasteiger partial charge in [-0.15, -0.1) is 0 Å². The van der Waals surface area contributed by atoms with Gasteiger partial charge in [0.05, 0.1) is 4.90 Å². The van der Waals surface area contributed by atoms with Crippen molar-refractivity contribution in [3.63, 3.8) is 0 Å². The molecule has 0 aliphatic heterocycles. The molecule has 0 fully saturated rings. The second-order valence-electron chi connectivity index (χ2n) is 3.43. The summed E-state index contributed by atoms with van der Waals surface area (Å²) in [4.78, 5) is 0.0237. The molecule has 0 unspecified atom stereocenters. The number of alkyl halides is 3. The Hall–Kier alpha value is -0.480. The van der Waals surface area contributed by atoms with Crippen LogP contribution in [0.3, 0.4) is 0 Å². The molecular formula is C11H7Cl3O2S. The quantitative estimate of drug-likeness (QED) is 0.748. The zero-order valence-electron chi connectivity index (χ0n) is 8.40. The summed E-state index contributed by atoms with van der Waals surface area (Å²) in [6.45, 7) is 0. The van der Waals surface area contributed by atoms with Crippen molar-refractivity contribution >= 4 is 55.4 Å². The molecule has 0 bridgehead atoms. The summed E-state index contributed by atoms with van der Waals surface area (Å²) >= 11 is 16.5. The van der Waals surface area contributed by atoms with Crippen LogP contribution in [0.15, 0.2) is 47.4 Å². The monoisotopic (exact) mass is 308 g/mol.